The summed E-state index contributed by atoms with van der Waals surface area (Å²) in [5, 5.41) is 17.3. The number of amides is 3. The average molecular weight is 431 g/mol. The molecule has 0 saturated heterocycles. The van der Waals surface area contributed by atoms with Gasteiger partial charge in [0.2, 0.25) is 5.91 Å². The number of rotatable bonds is 12. The lowest BCUT2D eigenvalue weighted by molar-refractivity contribution is -0.142. The molecule has 0 heterocycles. The van der Waals surface area contributed by atoms with Crippen LogP contribution in [0.5, 0.6) is 0 Å². The van der Waals surface area contributed by atoms with Gasteiger partial charge in [0.05, 0.1) is 11.8 Å². The highest BCUT2D eigenvalue weighted by Crippen LogP contribution is 2.07. The predicted molar refractivity (Wildman–Crippen MR) is 108 cm³/mol. The van der Waals surface area contributed by atoms with Crippen LogP contribution in [0, 0.1) is 4.91 Å². The average Bonchev–Trinajstić information content (AvgIpc) is 2.69. The van der Waals surface area contributed by atoms with Gasteiger partial charge in [-0.2, -0.15) is 16.8 Å². The molecule has 0 saturated carbocycles. The lowest BCUT2D eigenvalue weighted by Crippen LogP contribution is -2.54. The summed E-state index contributed by atoms with van der Waals surface area (Å²) in [4.78, 5) is 47.1. The van der Waals surface area contributed by atoms with Crippen LogP contribution in [0.2, 0.25) is 0 Å². The van der Waals surface area contributed by atoms with E-state index in [0.717, 1.165) is 5.56 Å². The Kier molecular flexibility index (Phi) is 11.0. The molecule has 3 N–H and O–H groups in total. The third-order valence-electron chi connectivity index (χ3n) is 3.75. The molecule has 3 amide bonds. The van der Waals surface area contributed by atoms with Gasteiger partial charge in [-0.15, -0.1) is 16.5 Å². The summed E-state index contributed by atoms with van der Waals surface area (Å²) < 4.78 is 0. The van der Waals surface area contributed by atoms with Crippen molar-refractivity contribution in [3.05, 3.63) is 40.8 Å². The van der Waals surface area contributed by atoms with Crippen molar-refractivity contribution in [3.8, 4) is 0 Å². The van der Waals surface area contributed by atoms with Crippen LogP contribution in [-0.2, 0) is 16.0 Å². The molecular weight excluding hydrogens is 408 g/mol. The molecule has 0 aliphatic heterocycles. The van der Waals surface area contributed by atoms with Crippen molar-refractivity contribution in [1.29, 1.82) is 0 Å². The Balaban J connectivity index is 2.94. The number of nitrogens with one attached hydrogen (secondary N) is 2. The molecule has 11 heteroatoms. The van der Waals surface area contributed by atoms with Crippen LogP contribution in [0.15, 0.2) is 35.6 Å². The number of urea groups is 1. The second-order valence-corrected chi connectivity index (χ2v) is 7.13. The van der Waals surface area contributed by atoms with E-state index >= 15 is 0 Å². The summed E-state index contributed by atoms with van der Waals surface area (Å²) in [7, 11) is 0. The molecule has 0 aliphatic rings. The van der Waals surface area contributed by atoms with Crippen molar-refractivity contribution in [1.82, 2.24) is 15.6 Å². The minimum Gasteiger partial charge on any atom is -0.480 e. The molecule has 0 aliphatic carbocycles. The number of hydrogen-bond donors (Lipinski definition) is 3. The maximum Gasteiger partial charge on any atom is 0.341 e. The van der Waals surface area contributed by atoms with Crippen LogP contribution in [-0.4, -0.2) is 64.5 Å². The Bertz CT molecular complexity index is 664. The molecule has 1 aromatic carbocycles. The minimum absolute atomic E-state index is 0.00944. The number of nitroso groups, excluding NO2 is 1. The Hall–Kier alpha value is -2.33. The van der Waals surface area contributed by atoms with E-state index in [1.807, 2.05) is 6.26 Å². The largest absolute Gasteiger partial charge is 0.480 e. The second kappa shape index (κ2) is 12.9. The summed E-state index contributed by atoms with van der Waals surface area (Å²) in [5.74, 6) is -1.29. The van der Waals surface area contributed by atoms with Gasteiger partial charge in [0.1, 0.15) is 12.1 Å². The van der Waals surface area contributed by atoms with E-state index < -0.39 is 30.0 Å². The van der Waals surface area contributed by atoms with Gasteiger partial charge in [0, 0.05) is 12.3 Å². The monoisotopic (exact) mass is 430 g/mol. The summed E-state index contributed by atoms with van der Waals surface area (Å²) >= 11 is 6.99. The molecule has 0 bridgehead atoms. The number of hydrogen-bond acceptors (Lipinski definition) is 6. The number of halogens is 1. The lowest BCUT2D eigenvalue weighted by Gasteiger charge is -2.23. The fourth-order valence-corrected chi connectivity index (χ4v) is 2.94. The third-order valence-corrected chi connectivity index (χ3v) is 4.56. The molecule has 28 heavy (non-hydrogen) atoms. The van der Waals surface area contributed by atoms with Crippen molar-refractivity contribution >= 4 is 41.3 Å². The quantitative estimate of drug-likeness (QED) is 0.264. The number of thioether (sulfide) groups is 1. The lowest BCUT2D eigenvalue weighted by atomic mass is 10.0. The Labute approximate surface area is 172 Å². The highest BCUT2D eigenvalue weighted by molar-refractivity contribution is 7.98. The van der Waals surface area contributed by atoms with E-state index in [4.69, 9.17) is 11.6 Å². The second-order valence-electron chi connectivity index (χ2n) is 5.77. The number of nitrogens with zero attached hydrogens (tertiary/aromatic N) is 2. The molecule has 0 fully saturated rings. The van der Waals surface area contributed by atoms with Crippen molar-refractivity contribution in [2.24, 2.45) is 5.29 Å². The highest BCUT2D eigenvalue weighted by Gasteiger charge is 2.28. The number of carbonyl (C=O) groups excluding carboxylic acids is 2. The normalized spacial score (nSPS) is 12.5. The number of benzene rings is 1. The maximum atomic E-state index is 12.7. The summed E-state index contributed by atoms with van der Waals surface area (Å²) in [5.41, 5.74) is 0.752. The summed E-state index contributed by atoms with van der Waals surface area (Å²) in [6, 6.07) is 5.83. The molecule has 0 spiro atoms. The van der Waals surface area contributed by atoms with E-state index in [-0.39, 0.29) is 25.3 Å². The molecule has 9 nitrogen and oxygen atoms in total. The fourth-order valence-electron chi connectivity index (χ4n) is 2.31. The van der Waals surface area contributed by atoms with E-state index in [1.165, 1.54) is 11.8 Å². The Morgan fingerprint density at radius 2 is 1.89 bits per heavy atom. The summed E-state index contributed by atoms with van der Waals surface area (Å²) in [6.45, 7) is -0.123. The van der Waals surface area contributed by atoms with Gasteiger partial charge in [-0.05, 0) is 24.0 Å². The molecule has 1 aromatic rings. The smallest absolute Gasteiger partial charge is 0.341 e. The molecule has 0 radical (unpaired) electrons. The van der Waals surface area contributed by atoms with Crippen LogP contribution in [0.1, 0.15) is 12.0 Å². The van der Waals surface area contributed by atoms with Gasteiger partial charge in [-0.3, -0.25) is 4.79 Å². The Morgan fingerprint density at radius 1 is 1.21 bits per heavy atom. The molecule has 0 aromatic heterocycles. The van der Waals surface area contributed by atoms with Gasteiger partial charge in [-0.25, -0.2) is 9.59 Å². The van der Waals surface area contributed by atoms with Gasteiger partial charge in [0.25, 0.3) is 0 Å². The van der Waals surface area contributed by atoms with Gasteiger partial charge < -0.3 is 15.7 Å². The van der Waals surface area contributed by atoms with Crippen molar-refractivity contribution in [3.63, 3.8) is 0 Å². The van der Waals surface area contributed by atoms with E-state index in [9.17, 15) is 24.4 Å². The minimum atomic E-state index is -1.16. The molecule has 0 unspecified atom stereocenters. The fraction of sp³-hybridized carbons (Fsp3) is 0.471. The van der Waals surface area contributed by atoms with Crippen molar-refractivity contribution < 1.29 is 19.5 Å². The maximum absolute atomic E-state index is 12.7. The number of carboxylic acid groups (broad SMARTS) is 1. The first kappa shape index (κ1) is 23.7. The standard InChI is InChI=1S/C17H23ClN4O5S/c1-28-10-7-13(16(24)25)19-15(23)14(11-12-5-3-2-4-6-12)20-17(26)22(21-27)9-8-18/h2-6,13-14H,7-11H2,1H3,(H,19,23)(H,20,26)(H,24,25)/t13-,14-/m0/s1. The number of carboxylic acids is 1. The van der Waals surface area contributed by atoms with E-state index in [2.05, 4.69) is 15.9 Å². The topological polar surface area (TPSA) is 128 Å². The number of aliphatic carboxylic acids is 1. The summed E-state index contributed by atoms with van der Waals surface area (Å²) in [6.07, 6.45) is 2.18. The molecule has 154 valence electrons. The number of alkyl halides is 1. The van der Waals surface area contributed by atoms with Crippen molar-refractivity contribution in [2.75, 3.05) is 24.4 Å². The van der Waals surface area contributed by atoms with Crippen molar-refractivity contribution in [2.45, 2.75) is 24.9 Å². The SMILES string of the molecule is CSCC[C@H](NC(=O)[C@H](Cc1ccccc1)NC(=O)N(CCCl)N=O)C(=O)O. The van der Waals surface area contributed by atoms with Crippen LogP contribution in [0.25, 0.3) is 0 Å². The third kappa shape index (κ3) is 8.13. The van der Waals surface area contributed by atoms with Crippen LogP contribution in [0.3, 0.4) is 0 Å². The molecule has 1 rings (SSSR count). The van der Waals surface area contributed by atoms with E-state index in [1.54, 1.807) is 30.3 Å². The van der Waals surface area contributed by atoms with Crippen LogP contribution >= 0.6 is 23.4 Å². The predicted octanol–water partition coefficient (Wildman–Crippen LogP) is 1.85. The first-order valence-corrected chi connectivity index (χ1v) is 10.4. The first-order chi connectivity index (χ1) is 13.4. The first-order valence-electron chi connectivity index (χ1n) is 8.46. The van der Waals surface area contributed by atoms with Gasteiger partial charge in [0.15, 0.2) is 0 Å². The van der Waals surface area contributed by atoms with Crippen LogP contribution in [0.4, 0.5) is 4.79 Å². The zero-order valence-corrected chi connectivity index (χ0v) is 16.9. The molecular formula is C17H23ClN4O5S. The van der Waals surface area contributed by atoms with Gasteiger partial charge >= 0.3 is 12.0 Å². The zero-order valence-electron chi connectivity index (χ0n) is 15.3. The Morgan fingerprint density at radius 3 is 2.43 bits per heavy atom. The highest BCUT2D eigenvalue weighted by atomic mass is 35.5. The number of carbonyl (C=O) groups is 3. The van der Waals surface area contributed by atoms with Gasteiger partial charge in [-0.1, -0.05) is 30.3 Å². The zero-order chi connectivity index (χ0) is 20.9. The van der Waals surface area contributed by atoms with Crippen LogP contribution < -0.4 is 10.6 Å². The van der Waals surface area contributed by atoms with E-state index in [0.29, 0.717) is 10.8 Å². The molecule has 2 atom stereocenters.